The number of nitrogens with zero attached hydrogens (tertiary/aromatic N) is 3. The van der Waals surface area contributed by atoms with E-state index in [1.165, 1.54) is 34.4 Å². The molecule has 0 radical (unpaired) electrons. The fourth-order valence-electron chi connectivity index (χ4n) is 3.08. The smallest absolute Gasteiger partial charge is 0.335 e. The molecule has 0 unspecified atom stereocenters. The van der Waals surface area contributed by atoms with Gasteiger partial charge < -0.3 is 9.80 Å². The Morgan fingerprint density at radius 2 is 1.52 bits per heavy atom. The minimum atomic E-state index is -4.60. The van der Waals surface area contributed by atoms with E-state index >= 15 is 0 Å². The normalized spacial score (nSPS) is 15.5. The molecule has 0 atom stereocenters. The van der Waals surface area contributed by atoms with Crippen molar-refractivity contribution in [2.75, 3.05) is 26.2 Å². The van der Waals surface area contributed by atoms with Gasteiger partial charge in [-0.25, -0.2) is 4.98 Å². The average molecular weight is 425 g/mol. The van der Waals surface area contributed by atoms with Crippen molar-refractivity contribution in [3.8, 4) is 0 Å². The van der Waals surface area contributed by atoms with Crippen molar-refractivity contribution in [2.24, 2.45) is 0 Å². The minimum absolute atomic E-state index is 0.153. The molecule has 1 aliphatic heterocycles. The highest BCUT2D eigenvalue weighted by Crippen LogP contribution is 2.32. The molecule has 1 saturated heterocycles. The number of aromatic nitrogens is 1. The summed E-state index contributed by atoms with van der Waals surface area (Å²) in [6.07, 6.45) is -3.04. The van der Waals surface area contributed by atoms with E-state index < -0.39 is 17.6 Å². The van der Waals surface area contributed by atoms with Gasteiger partial charge in [0.2, 0.25) is 0 Å². The van der Waals surface area contributed by atoms with E-state index in [4.69, 9.17) is 0 Å². The topological polar surface area (TPSA) is 53.5 Å². The maximum atomic E-state index is 13.2. The van der Waals surface area contributed by atoms with Crippen LogP contribution in [0.1, 0.15) is 51.4 Å². The number of carbonyl (C=O) groups excluding carboxylic acids is 2. The Hall–Kier alpha value is -2.42. The molecule has 2 amide bonds. The summed E-state index contributed by atoms with van der Waals surface area (Å²) >= 11 is 1.34. The molecular weight excluding hydrogens is 403 g/mol. The van der Waals surface area contributed by atoms with Crippen LogP contribution < -0.4 is 0 Å². The molecule has 1 fully saturated rings. The summed E-state index contributed by atoms with van der Waals surface area (Å²) in [5.41, 5.74) is -1.46. The molecule has 2 heterocycles. The number of hydrogen-bond acceptors (Lipinski definition) is 4. The highest BCUT2D eigenvalue weighted by molar-refractivity contribution is 7.13. The van der Waals surface area contributed by atoms with E-state index in [-0.39, 0.29) is 43.1 Å². The van der Waals surface area contributed by atoms with Crippen LogP contribution in [-0.2, 0) is 11.6 Å². The van der Waals surface area contributed by atoms with E-state index in [2.05, 4.69) is 4.98 Å². The number of piperazine rings is 1. The second-order valence-corrected chi connectivity index (χ2v) is 8.94. The molecule has 9 heteroatoms. The lowest BCUT2D eigenvalue weighted by Gasteiger charge is -2.35. The van der Waals surface area contributed by atoms with Gasteiger partial charge >= 0.3 is 6.18 Å². The Morgan fingerprint density at radius 1 is 0.966 bits per heavy atom. The number of rotatable bonds is 2. The zero-order chi connectivity index (χ0) is 21.4. The van der Waals surface area contributed by atoms with Crippen LogP contribution in [0.2, 0.25) is 0 Å². The van der Waals surface area contributed by atoms with Crippen molar-refractivity contribution >= 4 is 23.2 Å². The number of alkyl halides is 3. The number of amides is 2. The van der Waals surface area contributed by atoms with Crippen LogP contribution in [0.5, 0.6) is 0 Å². The molecule has 2 aromatic rings. The van der Waals surface area contributed by atoms with E-state index in [1.54, 1.807) is 11.1 Å². The van der Waals surface area contributed by atoms with Gasteiger partial charge in [-0.15, -0.1) is 11.3 Å². The first-order valence-electron chi connectivity index (χ1n) is 9.19. The molecule has 0 aliphatic carbocycles. The number of benzene rings is 1. The summed E-state index contributed by atoms with van der Waals surface area (Å²) in [6.45, 7) is 6.95. The SMILES string of the molecule is CC(C)(C)c1ncc(C(=O)N2CCN(C(=O)c3ccccc3C(F)(F)F)CC2)s1. The summed E-state index contributed by atoms with van der Waals surface area (Å²) in [4.78, 5) is 33.2. The fraction of sp³-hybridized carbons (Fsp3) is 0.450. The van der Waals surface area contributed by atoms with Gasteiger partial charge in [-0.2, -0.15) is 13.2 Å². The predicted molar refractivity (Wildman–Crippen MR) is 104 cm³/mol. The van der Waals surface area contributed by atoms with Gasteiger partial charge in [-0.3, -0.25) is 9.59 Å². The number of thiazole rings is 1. The summed E-state index contributed by atoms with van der Waals surface area (Å²) in [5, 5.41) is 0.860. The van der Waals surface area contributed by atoms with Crippen molar-refractivity contribution in [1.82, 2.24) is 14.8 Å². The maximum absolute atomic E-state index is 13.2. The van der Waals surface area contributed by atoms with Crippen molar-refractivity contribution < 1.29 is 22.8 Å². The highest BCUT2D eigenvalue weighted by Gasteiger charge is 2.36. The van der Waals surface area contributed by atoms with Crippen LogP contribution in [0.15, 0.2) is 30.5 Å². The maximum Gasteiger partial charge on any atom is 0.417 e. The second-order valence-electron chi connectivity index (χ2n) is 7.91. The molecule has 0 N–H and O–H groups in total. The fourth-order valence-corrected chi connectivity index (χ4v) is 4.02. The van der Waals surface area contributed by atoms with Crippen molar-refractivity contribution in [1.29, 1.82) is 0 Å². The third-order valence-corrected chi connectivity index (χ3v) is 6.09. The first-order chi connectivity index (χ1) is 13.5. The third-order valence-electron chi connectivity index (χ3n) is 4.68. The van der Waals surface area contributed by atoms with Gasteiger partial charge in [0.1, 0.15) is 4.88 Å². The van der Waals surface area contributed by atoms with Crippen LogP contribution in [0.3, 0.4) is 0 Å². The molecular formula is C20H22F3N3O2S. The molecule has 5 nitrogen and oxygen atoms in total. The largest absolute Gasteiger partial charge is 0.417 e. The molecule has 29 heavy (non-hydrogen) atoms. The minimum Gasteiger partial charge on any atom is -0.335 e. The Bertz CT molecular complexity index is 910. The summed E-state index contributed by atoms with van der Waals surface area (Å²) in [5.74, 6) is -0.835. The van der Waals surface area contributed by atoms with Gasteiger partial charge in [0, 0.05) is 31.6 Å². The van der Waals surface area contributed by atoms with Crippen LogP contribution >= 0.6 is 11.3 Å². The van der Waals surface area contributed by atoms with E-state index in [9.17, 15) is 22.8 Å². The first kappa shape index (κ1) is 21.3. The van der Waals surface area contributed by atoms with Gasteiger partial charge in [0.15, 0.2) is 0 Å². The van der Waals surface area contributed by atoms with Crippen LogP contribution in [0, 0.1) is 0 Å². The van der Waals surface area contributed by atoms with E-state index in [0.29, 0.717) is 4.88 Å². The van der Waals surface area contributed by atoms with Crippen LogP contribution in [0.25, 0.3) is 0 Å². The van der Waals surface area contributed by atoms with Gasteiger partial charge in [0.05, 0.1) is 22.3 Å². The molecule has 0 saturated carbocycles. The Kier molecular flexibility index (Phi) is 5.71. The Morgan fingerprint density at radius 3 is 2.03 bits per heavy atom. The van der Waals surface area contributed by atoms with Crippen molar-refractivity contribution in [3.05, 3.63) is 51.5 Å². The number of carbonyl (C=O) groups is 2. The van der Waals surface area contributed by atoms with Crippen molar-refractivity contribution in [2.45, 2.75) is 32.4 Å². The lowest BCUT2D eigenvalue weighted by molar-refractivity contribution is -0.138. The molecule has 1 aliphatic rings. The molecule has 1 aromatic carbocycles. The van der Waals surface area contributed by atoms with E-state index in [1.807, 2.05) is 20.8 Å². The lowest BCUT2D eigenvalue weighted by atomic mass is 9.98. The zero-order valence-corrected chi connectivity index (χ0v) is 17.2. The summed E-state index contributed by atoms with van der Waals surface area (Å²) in [6, 6.07) is 4.77. The van der Waals surface area contributed by atoms with Crippen LogP contribution in [0.4, 0.5) is 13.2 Å². The van der Waals surface area contributed by atoms with E-state index in [0.717, 1.165) is 11.1 Å². The molecule has 0 spiro atoms. The standard InChI is InChI=1S/C20H22F3N3O2S/c1-19(2,3)18-24-12-15(29-18)17(28)26-10-8-25(9-11-26)16(27)13-6-4-5-7-14(13)20(21,22)23/h4-7,12H,8-11H2,1-3H3. The van der Waals surface area contributed by atoms with Gasteiger partial charge in [-0.1, -0.05) is 32.9 Å². The first-order valence-corrected chi connectivity index (χ1v) is 10.0. The Balaban J connectivity index is 1.67. The number of halogens is 3. The lowest BCUT2D eigenvalue weighted by Crippen LogP contribution is -2.50. The third kappa shape index (κ3) is 4.60. The highest BCUT2D eigenvalue weighted by atomic mass is 32.1. The summed E-state index contributed by atoms with van der Waals surface area (Å²) < 4.78 is 39.6. The molecule has 0 bridgehead atoms. The molecule has 1 aromatic heterocycles. The van der Waals surface area contributed by atoms with Gasteiger partial charge in [-0.05, 0) is 12.1 Å². The molecule has 3 rings (SSSR count). The second kappa shape index (κ2) is 7.78. The average Bonchev–Trinajstić information content (AvgIpc) is 3.17. The zero-order valence-electron chi connectivity index (χ0n) is 16.4. The predicted octanol–water partition coefficient (Wildman–Crippen LogP) is 4.06. The van der Waals surface area contributed by atoms with Crippen LogP contribution in [-0.4, -0.2) is 52.8 Å². The quantitative estimate of drug-likeness (QED) is 0.729. The molecule has 156 valence electrons. The number of hydrogen-bond donors (Lipinski definition) is 0. The Labute approximate surface area is 171 Å². The summed E-state index contributed by atoms with van der Waals surface area (Å²) in [7, 11) is 0. The monoisotopic (exact) mass is 425 g/mol. The van der Waals surface area contributed by atoms with Gasteiger partial charge in [0.25, 0.3) is 11.8 Å². The van der Waals surface area contributed by atoms with Crippen molar-refractivity contribution in [3.63, 3.8) is 0 Å².